The van der Waals surface area contributed by atoms with E-state index in [-0.39, 0.29) is 0 Å². The van der Waals surface area contributed by atoms with Gasteiger partial charge in [0.15, 0.2) is 0 Å². The van der Waals surface area contributed by atoms with E-state index in [2.05, 4.69) is 55.4 Å². The van der Waals surface area contributed by atoms with Gasteiger partial charge in [0.05, 0.1) is 0 Å². The van der Waals surface area contributed by atoms with Crippen LogP contribution in [0.2, 0.25) is 0 Å². The zero-order valence-corrected chi connectivity index (χ0v) is 20.7. The Bertz CT molecular complexity index is 277. The molecule has 0 amide bonds. The Balaban J connectivity index is 4.83. The topological polar surface area (TPSA) is 0 Å². The Labute approximate surface area is 174 Å². The molecule has 0 aliphatic carbocycles. The molecule has 6 unspecified atom stereocenters. The Morgan fingerprint density at radius 1 is 0.370 bits per heavy atom. The summed E-state index contributed by atoms with van der Waals surface area (Å²) in [6.45, 7) is 19.4. The van der Waals surface area contributed by atoms with Gasteiger partial charge in [-0.15, -0.1) is 0 Å². The summed E-state index contributed by atoms with van der Waals surface area (Å²) in [6.07, 6.45) is 18.3. The molecule has 0 fully saturated rings. The Morgan fingerprint density at radius 2 is 0.667 bits per heavy atom. The molecule has 0 aromatic carbocycles. The number of hydrogen-bond donors (Lipinski definition) is 0. The Morgan fingerprint density at radius 3 is 0.889 bits per heavy atom. The molecule has 164 valence electrons. The molecule has 0 nitrogen and oxygen atoms in total. The largest absolute Gasteiger partial charge is 0.0654 e. The summed E-state index contributed by atoms with van der Waals surface area (Å²) < 4.78 is 0. The van der Waals surface area contributed by atoms with Crippen molar-refractivity contribution in [2.45, 2.75) is 139 Å². The third-order valence-electron chi connectivity index (χ3n) is 7.93. The molecule has 0 heterocycles. The molecular weight excluding hydrogens is 324 g/mol. The van der Waals surface area contributed by atoms with E-state index in [1.165, 1.54) is 83.5 Å². The highest BCUT2D eigenvalue weighted by Crippen LogP contribution is 2.38. The summed E-state index contributed by atoms with van der Waals surface area (Å²) in [4.78, 5) is 0. The van der Waals surface area contributed by atoms with Crippen molar-refractivity contribution in [2.75, 3.05) is 0 Å². The van der Waals surface area contributed by atoms with Crippen molar-refractivity contribution in [3.8, 4) is 0 Å². The molecule has 0 aliphatic heterocycles. The van der Waals surface area contributed by atoms with Crippen LogP contribution in [0.5, 0.6) is 0 Å². The third-order valence-corrected chi connectivity index (χ3v) is 7.93. The molecule has 0 aromatic heterocycles. The van der Waals surface area contributed by atoms with Gasteiger partial charge in [-0.1, -0.05) is 139 Å². The molecule has 0 heteroatoms. The van der Waals surface area contributed by atoms with E-state index in [0.29, 0.717) is 0 Å². The molecule has 27 heavy (non-hydrogen) atoms. The quantitative estimate of drug-likeness (QED) is 0.222. The summed E-state index contributed by atoms with van der Waals surface area (Å²) in [7, 11) is 0. The summed E-state index contributed by atoms with van der Waals surface area (Å²) in [6, 6.07) is 0. The average molecular weight is 381 g/mol. The molecule has 0 spiro atoms. The van der Waals surface area contributed by atoms with Gasteiger partial charge in [-0.05, 0) is 35.5 Å². The predicted molar refractivity (Wildman–Crippen MR) is 126 cm³/mol. The maximum Gasteiger partial charge on any atom is -0.0360 e. The summed E-state index contributed by atoms with van der Waals surface area (Å²) in [5.41, 5.74) is 0. The van der Waals surface area contributed by atoms with Gasteiger partial charge in [-0.2, -0.15) is 0 Å². The lowest BCUT2D eigenvalue weighted by molar-refractivity contribution is 0.160. The third kappa shape index (κ3) is 9.36. The van der Waals surface area contributed by atoms with Crippen LogP contribution in [0.3, 0.4) is 0 Å². The van der Waals surface area contributed by atoms with Gasteiger partial charge in [0.2, 0.25) is 0 Å². The van der Waals surface area contributed by atoms with Crippen LogP contribution in [-0.2, 0) is 0 Å². The fraction of sp³-hybridized carbons (Fsp3) is 1.00. The minimum absolute atomic E-state index is 0.960. The molecule has 0 rings (SSSR count). The van der Waals surface area contributed by atoms with Crippen molar-refractivity contribution in [2.24, 2.45) is 35.5 Å². The standard InChI is InChI=1S/C27H56/c1-9-18-22(11-3)26(15-7)24(13-5)20-17-21-25(14-6)27(16-8)23(12-4)19-10-2/h22-27H,9-21H2,1-8H3. The van der Waals surface area contributed by atoms with Crippen LogP contribution < -0.4 is 0 Å². The van der Waals surface area contributed by atoms with Gasteiger partial charge >= 0.3 is 0 Å². The van der Waals surface area contributed by atoms with E-state index < -0.39 is 0 Å². The Kier molecular flexibility index (Phi) is 16.9. The fourth-order valence-electron chi connectivity index (χ4n) is 6.37. The molecule has 0 bridgehead atoms. The fourth-order valence-corrected chi connectivity index (χ4v) is 6.37. The van der Waals surface area contributed by atoms with Gasteiger partial charge in [-0.3, -0.25) is 0 Å². The van der Waals surface area contributed by atoms with E-state index in [1.54, 1.807) is 0 Å². The molecule has 0 radical (unpaired) electrons. The van der Waals surface area contributed by atoms with Crippen molar-refractivity contribution in [3.63, 3.8) is 0 Å². The zero-order valence-electron chi connectivity index (χ0n) is 20.7. The maximum absolute atomic E-state index is 2.45. The zero-order chi connectivity index (χ0) is 20.7. The second-order valence-electron chi connectivity index (χ2n) is 9.33. The monoisotopic (exact) mass is 380 g/mol. The van der Waals surface area contributed by atoms with Crippen LogP contribution in [0.4, 0.5) is 0 Å². The molecule has 0 aromatic rings. The normalized spacial score (nSPS) is 18.7. The van der Waals surface area contributed by atoms with Crippen LogP contribution in [0, 0.1) is 35.5 Å². The lowest BCUT2D eigenvalue weighted by atomic mass is 9.71. The maximum atomic E-state index is 2.45. The molecule has 0 saturated carbocycles. The van der Waals surface area contributed by atoms with Gasteiger partial charge in [0, 0.05) is 0 Å². The van der Waals surface area contributed by atoms with Gasteiger partial charge in [-0.25, -0.2) is 0 Å². The minimum Gasteiger partial charge on any atom is -0.0654 e. The first-order chi connectivity index (χ1) is 13.1. The summed E-state index contributed by atoms with van der Waals surface area (Å²) in [5.74, 6) is 5.77. The first kappa shape index (κ1) is 27.0. The number of hydrogen-bond acceptors (Lipinski definition) is 0. The van der Waals surface area contributed by atoms with Gasteiger partial charge in [0.25, 0.3) is 0 Å². The number of rotatable bonds is 18. The first-order valence-electron chi connectivity index (χ1n) is 13.1. The van der Waals surface area contributed by atoms with Crippen LogP contribution in [0.25, 0.3) is 0 Å². The van der Waals surface area contributed by atoms with E-state index in [9.17, 15) is 0 Å². The van der Waals surface area contributed by atoms with E-state index in [0.717, 1.165) is 35.5 Å². The second-order valence-corrected chi connectivity index (χ2v) is 9.33. The van der Waals surface area contributed by atoms with Crippen molar-refractivity contribution < 1.29 is 0 Å². The van der Waals surface area contributed by atoms with Gasteiger partial charge in [0.1, 0.15) is 0 Å². The molecule has 0 saturated heterocycles. The second kappa shape index (κ2) is 16.9. The van der Waals surface area contributed by atoms with Crippen LogP contribution in [-0.4, -0.2) is 0 Å². The van der Waals surface area contributed by atoms with Crippen molar-refractivity contribution in [1.29, 1.82) is 0 Å². The lowest BCUT2D eigenvalue weighted by Crippen LogP contribution is -2.25. The van der Waals surface area contributed by atoms with Crippen LogP contribution in [0.1, 0.15) is 139 Å². The highest BCUT2D eigenvalue weighted by molar-refractivity contribution is 4.78. The minimum atomic E-state index is 0.960. The van der Waals surface area contributed by atoms with Crippen molar-refractivity contribution in [3.05, 3.63) is 0 Å². The van der Waals surface area contributed by atoms with E-state index in [4.69, 9.17) is 0 Å². The smallest absolute Gasteiger partial charge is 0.0360 e. The molecule has 0 N–H and O–H groups in total. The van der Waals surface area contributed by atoms with Crippen molar-refractivity contribution >= 4 is 0 Å². The first-order valence-corrected chi connectivity index (χ1v) is 13.1. The molecule has 0 aliphatic rings. The highest BCUT2D eigenvalue weighted by atomic mass is 14.3. The molecular formula is C27H56. The predicted octanol–water partition coefficient (Wildman–Crippen LogP) is 9.91. The van der Waals surface area contributed by atoms with Crippen molar-refractivity contribution in [1.82, 2.24) is 0 Å². The molecule has 6 atom stereocenters. The van der Waals surface area contributed by atoms with Gasteiger partial charge < -0.3 is 0 Å². The SMILES string of the molecule is CCCC(CC)C(CC)C(CC)CCCC(CC)C(CC)C(CC)CCC. The van der Waals surface area contributed by atoms with Crippen LogP contribution >= 0.6 is 0 Å². The van der Waals surface area contributed by atoms with E-state index >= 15 is 0 Å². The summed E-state index contributed by atoms with van der Waals surface area (Å²) >= 11 is 0. The Hall–Kier alpha value is 0. The highest BCUT2D eigenvalue weighted by Gasteiger charge is 2.28. The van der Waals surface area contributed by atoms with Crippen LogP contribution in [0.15, 0.2) is 0 Å². The average Bonchev–Trinajstić information content (AvgIpc) is 2.70. The lowest BCUT2D eigenvalue weighted by Gasteiger charge is -2.35. The van der Waals surface area contributed by atoms with E-state index in [1.807, 2.05) is 0 Å². The summed E-state index contributed by atoms with van der Waals surface area (Å²) in [5, 5.41) is 0.